The van der Waals surface area contributed by atoms with E-state index in [0.717, 1.165) is 0 Å². The standard InChI is InChI=1S/C16H19FN4O4/c1-8(2)21-13-10(17)5-9(6-11(13)24-15(21)19-4)20-7-12(14(22)18-3)25-16(20)23/h5-6,8,12H,7H2,1-4H3,(H,18,22)/b19-15+/t12-/m1/s1. The number of aromatic nitrogens is 1. The number of oxazole rings is 1. The van der Waals surface area contributed by atoms with Gasteiger partial charge in [0, 0.05) is 32.3 Å². The van der Waals surface area contributed by atoms with Crippen molar-refractivity contribution in [3.8, 4) is 0 Å². The topological polar surface area (TPSA) is 89.1 Å². The molecule has 1 fully saturated rings. The zero-order valence-corrected chi connectivity index (χ0v) is 14.4. The van der Waals surface area contributed by atoms with E-state index in [0.29, 0.717) is 0 Å². The summed E-state index contributed by atoms with van der Waals surface area (Å²) in [6.07, 6.45) is -1.65. The molecule has 3 rings (SSSR count). The summed E-state index contributed by atoms with van der Waals surface area (Å²) in [6.45, 7) is 3.78. The number of hydrogen-bond donors (Lipinski definition) is 1. The predicted molar refractivity (Wildman–Crippen MR) is 87.7 cm³/mol. The van der Waals surface area contributed by atoms with Crippen molar-refractivity contribution in [3.05, 3.63) is 23.6 Å². The molecule has 0 bridgehead atoms. The molecule has 9 heteroatoms. The van der Waals surface area contributed by atoms with E-state index in [2.05, 4.69) is 10.3 Å². The maximum atomic E-state index is 14.7. The van der Waals surface area contributed by atoms with E-state index in [4.69, 9.17) is 9.15 Å². The van der Waals surface area contributed by atoms with Gasteiger partial charge in [-0.15, -0.1) is 0 Å². The Hall–Kier alpha value is -2.84. The van der Waals surface area contributed by atoms with Crippen molar-refractivity contribution >= 4 is 28.8 Å². The molecule has 0 aliphatic carbocycles. The molecule has 2 heterocycles. The molecular weight excluding hydrogens is 331 g/mol. The molecule has 2 amide bonds. The summed E-state index contributed by atoms with van der Waals surface area (Å²) in [6, 6.07) is 2.71. The van der Waals surface area contributed by atoms with Crippen LogP contribution in [0.15, 0.2) is 21.5 Å². The van der Waals surface area contributed by atoms with Gasteiger partial charge in [0.1, 0.15) is 5.52 Å². The van der Waals surface area contributed by atoms with Crippen molar-refractivity contribution in [2.24, 2.45) is 4.99 Å². The highest BCUT2D eigenvalue weighted by Crippen LogP contribution is 2.29. The molecule has 0 unspecified atom stereocenters. The molecule has 0 radical (unpaired) electrons. The van der Waals surface area contributed by atoms with Crippen LogP contribution in [0.3, 0.4) is 0 Å². The third kappa shape index (κ3) is 2.75. The van der Waals surface area contributed by atoms with Gasteiger partial charge in [0.15, 0.2) is 17.5 Å². The Balaban J connectivity index is 2.08. The number of ether oxygens (including phenoxy) is 1. The molecule has 25 heavy (non-hydrogen) atoms. The molecule has 1 aliphatic heterocycles. The largest absolute Gasteiger partial charge is 0.434 e. The van der Waals surface area contributed by atoms with Gasteiger partial charge >= 0.3 is 6.09 Å². The highest BCUT2D eigenvalue weighted by atomic mass is 19.1. The number of fused-ring (bicyclic) bond motifs is 1. The third-order valence-corrected chi connectivity index (χ3v) is 4.03. The zero-order chi connectivity index (χ0) is 18.3. The van der Waals surface area contributed by atoms with E-state index in [1.165, 1.54) is 18.0 Å². The Morgan fingerprint density at radius 3 is 2.76 bits per heavy atom. The lowest BCUT2D eigenvalue weighted by molar-refractivity contribution is -0.127. The van der Waals surface area contributed by atoms with Crippen LogP contribution in [0.1, 0.15) is 19.9 Å². The van der Waals surface area contributed by atoms with E-state index in [-0.39, 0.29) is 35.1 Å². The molecule has 8 nitrogen and oxygen atoms in total. The fourth-order valence-corrected chi connectivity index (χ4v) is 2.87. The normalized spacial score (nSPS) is 18.3. The molecule has 1 saturated heterocycles. The van der Waals surface area contributed by atoms with E-state index >= 15 is 0 Å². The summed E-state index contributed by atoms with van der Waals surface area (Å²) in [5.74, 6) is -0.962. The average Bonchev–Trinajstić information content (AvgIpc) is 3.14. The number of hydrogen-bond acceptors (Lipinski definition) is 5. The zero-order valence-electron chi connectivity index (χ0n) is 14.4. The smallest absolute Gasteiger partial charge is 0.415 e. The first-order valence-electron chi connectivity index (χ1n) is 7.84. The summed E-state index contributed by atoms with van der Waals surface area (Å²) in [5.41, 5.74) is 1.08. The lowest BCUT2D eigenvalue weighted by Gasteiger charge is -2.13. The van der Waals surface area contributed by atoms with Crippen LogP contribution in [0.2, 0.25) is 0 Å². The molecule has 134 valence electrons. The fourth-order valence-electron chi connectivity index (χ4n) is 2.87. The molecule has 1 N–H and O–H groups in total. The van der Waals surface area contributed by atoms with Crippen LogP contribution in [-0.2, 0) is 9.53 Å². The number of carbonyl (C=O) groups excluding carboxylic acids is 2. The number of anilines is 1. The average molecular weight is 350 g/mol. The van der Waals surface area contributed by atoms with Crippen molar-refractivity contribution in [3.63, 3.8) is 0 Å². The maximum absolute atomic E-state index is 14.7. The first-order chi connectivity index (χ1) is 11.9. The minimum Gasteiger partial charge on any atom is -0.434 e. The third-order valence-electron chi connectivity index (χ3n) is 4.03. The summed E-state index contributed by atoms with van der Waals surface area (Å²) in [4.78, 5) is 28.9. The molecule has 0 spiro atoms. The molecule has 1 atom stereocenters. The molecule has 1 aromatic carbocycles. The number of nitrogens with one attached hydrogen (secondary N) is 1. The Kier molecular flexibility index (Phi) is 4.23. The van der Waals surface area contributed by atoms with Crippen LogP contribution in [0.25, 0.3) is 11.1 Å². The number of cyclic esters (lactones) is 1. The van der Waals surface area contributed by atoms with Crippen molar-refractivity contribution < 1.29 is 23.1 Å². The second kappa shape index (κ2) is 6.23. The van der Waals surface area contributed by atoms with E-state index in [9.17, 15) is 14.0 Å². The maximum Gasteiger partial charge on any atom is 0.415 e. The van der Waals surface area contributed by atoms with Gasteiger partial charge in [-0.25, -0.2) is 14.2 Å². The molecule has 1 aliphatic rings. The first kappa shape index (κ1) is 17.0. The van der Waals surface area contributed by atoms with Crippen LogP contribution in [0.4, 0.5) is 14.9 Å². The molecule has 2 aromatic rings. The Labute approximate surface area is 142 Å². The number of rotatable bonds is 3. The van der Waals surface area contributed by atoms with Crippen molar-refractivity contribution in [1.82, 2.24) is 9.88 Å². The first-order valence-corrected chi connectivity index (χ1v) is 7.84. The van der Waals surface area contributed by atoms with Gasteiger partial charge in [-0.3, -0.25) is 14.3 Å². The number of benzene rings is 1. The summed E-state index contributed by atoms with van der Waals surface area (Å²) in [7, 11) is 3.01. The van der Waals surface area contributed by atoms with Crippen LogP contribution < -0.4 is 15.9 Å². The highest BCUT2D eigenvalue weighted by Gasteiger charge is 2.37. The fraction of sp³-hybridized carbons (Fsp3) is 0.438. The Morgan fingerprint density at radius 2 is 2.16 bits per heavy atom. The molecule has 1 aromatic heterocycles. The lowest BCUT2D eigenvalue weighted by Crippen LogP contribution is -2.35. The van der Waals surface area contributed by atoms with Gasteiger partial charge in [-0.1, -0.05) is 0 Å². The second-order valence-electron chi connectivity index (χ2n) is 5.94. The Bertz CT molecular complexity index is 915. The second-order valence-corrected chi connectivity index (χ2v) is 5.94. The van der Waals surface area contributed by atoms with Gasteiger partial charge in [0.05, 0.1) is 12.2 Å². The van der Waals surface area contributed by atoms with E-state index in [1.807, 2.05) is 13.8 Å². The minimum absolute atomic E-state index is 0.000642. The number of likely N-dealkylation sites (N-methyl/N-ethyl adjacent to an activating group) is 1. The van der Waals surface area contributed by atoms with Gasteiger partial charge in [0.2, 0.25) is 0 Å². The predicted octanol–water partition coefficient (Wildman–Crippen LogP) is 1.56. The van der Waals surface area contributed by atoms with Crippen LogP contribution in [0, 0.1) is 5.82 Å². The SMILES string of the molecule is C/N=c1/oc2cc(N3C[C@H](C(=O)NC)OC3=O)cc(F)c2n1C(C)C. The van der Waals surface area contributed by atoms with Gasteiger partial charge < -0.3 is 14.5 Å². The van der Waals surface area contributed by atoms with Crippen molar-refractivity contribution in [2.75, 3.05) is 25.5 Å². The molecule has 0 saturated carbocycles. The van der Waals surface area contributed by atoms with Crippen LogP contribution in [0.5, 0.6) is 0 Å². The monoisotopic (exact) mass is 350 g/mol. The van der Waals surface area contributed by atoms with Gasteiger partial charge in [-0.05, 0) is 13.8 Å². The van der Waals surface area contributed by atoms with Crippen molar-refractivity contribution in [2.45, 2.75) is 26.0 Å². The van der Waals surface area contributed by atoms with Gasteiger partial charge in [-0.2, -0.15) is 0 Å². The summed E-state index contributed by atoms with van der Waals surface area (Å²) >= 11 is 0. The molecular formula is C16H19FN4O4. The van der Waals surface area contributed by atoms with Gasteiger partial charge in [0.25, 0.3) is 11.6 Å². The number of halogens is 1. The Morgan fingerprint density at radius 1 is 1.44 bits per heavy atom. The number of amides is 2. The summed E-state index contributed by atoms with van der Waals surface area (Å²) in [5, 5.41) is 2.42. The van der Waals surface area contributed by atoms with E-state index in [1.54, 1.807) is 17.7 Å². The lowest BCUT2D eigenvalue weighted by atomic mass is 10.2. The number of carbonyl (C=O) groups is 2. The van der Waals surface area contributed by atoms with Crippen LogP contribution in [-0.4, -0.2) is 43.3 Å². The minimum atomic E-state index is -0.935. The van der Waals surface area contributed by atoms with E-state index < -0.39 is 23.9 Å². The number of nitrogens with zero attached hydrogens (tertiary/aromatic N) is 3. The van der Waals surface area contributed by atoms with Crippen LogP contribution >= 0.6 is 0 Å². The van der Waals surface area contributed by atoms with Crippen molar-refractivity contribution in [1.29, 1.82) is 0 Å². The quantitative estimate of drug-likeness (QED) is 0.910. The summed E-state index contributed by atoms with van der Waals surface area (Å²) < 4.78 is 27.0. The highest BCUT2D eigenvalue weighted by molar-refractivity contribution is 5.96.